The number of nitrogens with zero attached hydrogens (tertiary/aromatic N) is 3. The molecule has 2 aromatic carbocycles. The van der Waals surface area contributed by atoms with Crippen molar-refractivity contribution in [3.05, 3.63) is 59.2 Å². The largest absolute Gasteiger partial charge is 0.493 e. The number of carbonyl (C=O) groups is 1. The maximum Gasteiger partial charge on any atom is 0.320 e. The van der Waals surface area contributed by atoms with Gasteiger partial charge >= 0.3 is 6.03 Å². The van der Waals surface area contributed by atoms with E-state index in [-0.39, 0.29) is 12.1 Å². The first kappa shape index (κ1) is 24.9. The number of hydrogen-bond acceptors (Lipinski definition) is 4. The molecule has 1 unspecified atom stereocenters. The Labute approximate surface area is 199 Å². The highest BCUT2D eigenvalue weighted by atomic mass is 16.5. The number of amides is 2. The van der Waals surface area contributed by atoms with E-state index < -0.39 is 0 Å². The van der Waals surface area contributed by atoms with E-state index in [0.29, 0.717) is 30.9 Å². The van der Waals surface area contributed by atoms with E-state index in [1.165, 1.54) is 5.56 Å². The van der Waals surface area contributed by atoms with E-state index in [1.807, 2.05) is 41.1 Å². The van der Waals surface area contributed by atoms with Crippen LogP contribution < -0.4 is 9.47 Å². The third-order valence-corrected chi connectivity index (χ3v) is 6.58. The zero-order chi connectivity index (χ0) is 24.1. The normalized spacial score (nSPS) is 15.7. The molecule has 1 heterocycles. The van der Waals surface area contributed by atoms with Crippen molar-refractivity contribution in [2.45, 2.75) is 52.2 Å². The van der Waals surface area contributed by atoms with E-state index in [4.69, 9.17) is 9.47 Å². The number of rotatable bonds is 8. The molecular weight excluding hydrogens is 414 g/mol. The molecule has 0 aromatic heterocycles. The van der Waals surface area contributed by atoms with E-state index in [9.17, 15) is 4.79 Å². The van der Waals surface area contributed by atoms with Gasteiger partial charge in [-0.15, -0.1) is 0 Å². The number of likely N-dealkylation sites (N-methyl/N-ethyl adjacent to an activating group) is 1. The van der Waals surface area contributed by atoms with E-state index in [2.05, 4.69) is 50.8 Å². The maximum atomic E-state index is 13.7. The van der Waals surface area contributed by atoms with Crippen LogP contribution in [0.15, 0.2) is 42.5 Å². The standard InChI is InChI=1S/C27H39N3O3/c1-19(2)29(20(3)4)16-15-28(5)27(31)30-14-13-22-17-24(32-6)25(33-7)18-23(22)26(30)21-11-9-8-10-12-21/h8-12,17-20,26H,13-16H2,1-7H3. The van der Waals surface area contributed by atoms with Crippen molar-refractivity contribution >= 4 is 6.03 Å². The average Bonchev–Trinajstić information content (AvgIpc) is 2.81. The highest BCUT2D eigenvalue weighted by Crippen LogP contribution is 2.41. The van der Waals surface area contributed by atoms with Gasteiger partial charge in [-0.2, -0.15) is 0 Å². The molecule has 2 amide bonds. The second-order valence-corrected chi connectivity index (χ2v) is 9.29. The lowest BCUT2D eigenvalue weighted by Crippen LogP contribution is -2.49. The van der Waals surface area contributed by atoms with E-state index in [1.54, 1.807) is 14.2 Å². The van der Waals surface area contributed by atoms with Crippen molar-refractivity contribution < 1.29 is 14.3 Å². The number of hydrogen-bond donors (Lipinski definition) is 0. The van der Waals surface area contributed by atoms with Crippen molar-refractivity contribution in [2.24, 2.45) is 0 Å². The van der Waals surface area contributed by atoms with E-state index >= 15 is 0 Å². The molecule has 0 fully saturated rings. The summed E-state index contributed by atoms with van der Waals surface area (Å²) in [4.78, 5) is 20.0. The zero-order valence-corrected chi connectivity index (χ0v) is 21.2. The van der Waals surface area contributed by atoms with Crippen LogP contribution in [0.5, 0.6) is 11.5 Å². The summed E-state index contributed by atoms with van der Waals surface area (Å²) < 4.78 is 11.1. The molecule has 1 atom stereocenters. The lowest BCUT2D eigenvalue weighted by molar-refractivity contribution is 0.125. The van der Waals surface area contributed by atoms with Gasteiger partial charge in [-0.3, -0.25) is 4.90 Å². The van der Waals surface area contributed by atoms with Crippen LogP contribution in [0.2, 0.25) is 0 Å². The van der Waals surface area contributed by atoms with Gasteiger partial charge in [-0.25, -0.2) is 4.79 Å². The predicted molar refractivity (Wildman–Crippen MR) is 133 cm³/mol. The minimum Gasteiger partial charge on any atom is -0.493 e. The second kappa shape index (κ2) is 10.9. The summed E-state index contributed by atoms with van der Waals surface area (Å²) in [6.07, 6.45) is 0.780. The average molecular weight is 454 g/mol. The molecule has 0 saturated carbocycles. The summed E-state index contributed by atoms with van der Waals surface area (Å²) in [6, 6.07) is 15.1. The fourth-order valence-electron chi connectivity index (χ4n) is 4.84. The van der Waals surface area contributed by atoms with Gasteiger partial charge in [0, 0.05) is 38.8 Å². The number of urea groups is 1. The van der Waals surface area contributed by atoms with Gasteiger partial charge in [0.1, 0.15) is 0 Å². The minimum absolute atomic E-state index is 0.0525. The molecule has 0 radical (unpaired) electrons. The SMILES string of the molecule is COc1cc2c(cc1OC)C(c1ccccc1)N(C(=O)N(C)CCN(C(C)C)C(C)C)CC2. The summed E-state index contributed by atoms with van der Waals surface area (Å²) in [6.45, 7) is 11.0. The number of benzene rings is 2. The molecule has 6 heteroatoms. The summed E-state index contributed by atoms with van der Waals surface area (Å²) in [5.74, 6) is 1.41. The summed E-state index contributed by atoms with van der Waals surface area (Å²) in [7, 11) is 5.22. The number of methoxy groups -OCH3 is 2. The third-order valence-electron chi connectivity index (χ3n) is 6.58. The molecule has 0 bridgehead atoms. The molecular formula is C27H39N3O3. The van der Waals surface area contributed by atoms with Gasteiger partial charge in [0.15, 0.2) is 11.5 Å². The van der Waals surface area contributed by atoms with Crippen LogP contribution >= 0.6 is 0 Å². The Morgan fingerprint density at radius 2 is 1.61 bits per heavy atom. The molecule has 6 nitrogen and oxygen atoms in total. The molecule has 2 aromatic rings. The Kier molecular flexibility index (Phi) is 8.25. The monoisotopic (exact) mass is 453 g/mol. The molecule has 0 aliphatic carbocycles. The summed E-state index contributed by atoms with van der Waals surface area (Å²) >= 11 is 0. The smallest absolute Gasteiger partial charge is 0.320 e. The molecule has 0 saturated heterocycles. The second-order valence-electron chi connectivity index (χ2n) is 9.29. The molecule has 0 N–H and O–H groups in total. The number of fused-ring (bicyclic) bond motifs is 1. The fourth-order valence-corrected chi connectivity index (χ4v) is 4.84. The molecule has 3 rings (SSSR count). The van der Waals surface area contributed by atoms with Gasteiger partial charge in [0.05, 0.1) is 20.3 Å². The lowest BCUT2D eigenvalue weighted by Gasteiger charge is -2.40. The Morgan fingerprint density at radius 1 is 1.00 bits per heavy atom. The van der Waals surface area contributed by atoms with Gasteiger partial charge < -0.3 is 19.3 Å². The molecule has 1 aliphatic rings. The van der Waals surface area contributed by atoms with Gasteiger partial charge in [0.2, 0.25) is 0 Å². The third kappa shape index (κ3) is 5.44. The van der Waals surface area contributed by atoms with Gasteiger partial charge in [-0.05, 0) is 62.9 Å². The van der Waals surface area contributed by atoms with E-state index in [0.717, 1.165) is 29.8 Å². The van der Waals surface area contributed by atoms with Crippen LogP contribution in [0, 0.1) is 0 Å². The van der Waals surface area contributed by atoms with Crippen molar-refractivity contribution in [1.29, 1.82) is 0 Å². The van der Waals surface area contributed by atoms with Crippen molar-refractivity contribution in [2.75, 3.05) is 40.9 Å². The Morgan fingerprint density at radius 3 is 2.18 bits per heavy atom. The minimum atomic E-state index is -0.170. The Balaban J connectivity index is 1.92. The van der Waals surface area contributed by atoms with Crippen molar-refractivity contribution in [3.63, 3.8) is 0 Å². The van der Waals surface area contributed by atoms with Crippen LogP contribution in [-0.2, 0) is 6.42 Å². The first-order chi connectivity index (χ1) is 15.8. The number of ether oxygens (including phenoxy) is 2. The Bertz CT molecular complexity index is 922. The van der Waals surface area contributed by atoms with Crippen LogP contribution in [0.1, 0.15) is 50.4 Å². The van der Waals surface area contributed by atoms with Crippen LogP contribution in [0.3, 0.4) is 0 Å². The molecule has 1 aliphatic heterocycles. The zero-order valence-electron chi connectivity index (χ0n) is 21.2. The van der Waals surface area contributed by atoms with Gasteiger partial charge in [-0.1, -0.05) is 30.3 Å². The lowest BCUT2D eigenvalue weighted by atomic mass is 9.88. The van der Waals surface area contributed by atoms with Crippen LogP contribution in [-0.4, -0.2) is 73.7 Å². The Hall–Kier alpha value is -2.73. The maximum absolute atomic E-state index is 13.7. The summed E-state index contributed by atoms with van der Waals surface area (Å²) in [5.41, 5.74) is 3.38. The van der Waals surface area contributed by atoms with Gasteiger partial charge in [0.25, 0.3) is 0 Å². The molecule has 0 spiro atoms. The topological polar surface area (TPSA) is 45.3 Å². The molecule has 33 heavy (non-hydrogen) atoms. The fraction of sp³-hybridized carbons (Fsp3) is 0.519. The first-order valence-electron chi connectivity index (χ1n) is 11.9. The first-order valence-corrected chi connectivity index (χ1v) is 11.9. The number of carbonyl (C=O) groups excluding carboxylic acids is 1. The summed E-state index contributed by atoms with van der Waals surface area (Å²) in [5, 5.41) is 0. The molecule has 180 valence electrons. The van der Waals surface area contributed by atoms with Crippen LogP contribution in [0.25, 0.3) is 0 Å². The predicted octanol–water partition coefficient (Wildman–Crippen LogP) is 4.82. The highest BCUT2D eigenvalue weighted by molar-refractivity contribution is 5.76. The van der Waals surface area contributed by atoms with Crippen LogP contribution in [0.4, 0.5) is 4.79 Å². The quantitative estimate of drug-likeness (QED) is 0.575. The highest BCUT2D eigenvalue weighted by Gasteiger charge is 2.34. The van der Waals surface area contributed by atoms with Crippen molar-refractivity contribution in [1.82, 2.24) is 14.7 Å². The van der Waals surface area contributed by atoms with Crippen molar-refractivity contribution in [3.8, 4) is 11.5 Å².